The summed E-state index contributed by atoms with van der Waals surface area (Å²) in [5.74, 6) is 0. The van der Waals surface area contributed by atoms with Crippen molar-refractivity contribution in [3.8, 4) is 0 Å². The highest BCUT2D eigenvalue weighted by Gasteiger charge is 2.51. The summed E-state index contributed by atoms with van der Waals surface area (Å²) in [6, 6.07) is 0.151. The van der Waals surface area contributed by atoms with Crippen LogP contribution in [0.2, 0.25) is 0 Å². The Morgan fingerprint density at radius 3 is 2.65 bits per heavy atom. The van der Waals surface area contributed by atoms with Crippen LogP contribution in [-0.4, -0.2) is 39.4 Å². The number of amides is 1. The number of aliphatic hydroxyl groups is 1. The molecule has 2 heterocycles. The number of fused-ring (bicyclic) bond motifs is 2. The van der Waals surface area contributed by atoms with E-state index in [2.05, 4.69) is 6.92 Å². The van der Waals surface area contributed by atoms with Crippen molar-refractivity contribution in [3.05, 3.63) is 0 Å². The molecule has 2 rings (SSSR count). The highest BCUT2D eigenvalue weighted by atomic mass is 16.6. The summed E-state index contributed by atoms with van der Waals surface area (Å²) in [6.45, 7) is 7.70. The zero-order chi connectivity index (χ0) is 12.8. The summed E-state index contributed by atoms with van der Waals surface area (Å²) in [5.41, 5.74) is -0.673. The maximum Gasteiger partial charge on any atom is 0.410 e. The van der Waals surface area contributed by atoms with Crippen molar-refractivity contribution in [2.24, 2.45) is 0 Å². The second-order valence-electron chi connectivity index (χ2n) is 6.63. The monoisotopic (exact) mass is 241 g/mol. The van der Waals surface area contributed by atoms with Crippen molar-refractivity contribution in [3.63, 3.8) is 0 Å². The van der Waals surface area contributed by atoms with Gasteiger partial charge in [0.25, 0.3) is 0 Å². The third-order valence-electron chi connectivity index (χ3n) is 3.77. The van der Waals surface area contributed by atoms with Crippen LogP contribution < -0.4 is 0 Å². The molecular weight excluding hydrogens is 218 g/mol. The topological polar surface area (TPSA) is 49.8 Å². The molecule has 4 nitrogen and oxygen atoms in total. The Kier molecular flexibility index (Phi) is 2.89. The first-order chi connectivity index (χ1) is 7.71. The van der Waals surface area contributed by atoms with E-state index in [-0.39, 0.29) is 23.8 Å². The normalized spacial score (nSPS) is 37.1. The SMILES string of the molecule is CC(C)(C)OC(=O)N1[C@@H]2CC[C@@]1(C)C[C@H](O)C2. The Morgan fingerprint density at radius 1 is 1.47 bits per heavy atom. The molecule has 0 spiro atoms. The van der Waals surface area contributed by atoms with Gasteiger partial charge in [0.05, 0.1) is 6.10 Å². The van der Waals surface area contributed by atoms with Crippen LogP contribution in [-0.2, 0) is 4.74 Å². The van der Waals surface area contributed by atoms with E-state index in [1.54, 1.807) is 0 Å². The molecule has 2 bridgehead atoms. The quantitative estimate of drug-likeness (QED) is 0.708. The lowest BCUT2D eigenvalue weighted by Crippen LogP contribution is -2.56. The van der Waals surface area contributed by atoms with Gasteiger partial charge in [-0.2, -0.15) is 0 Å². The number of carbonyl (C=O) groups is 1. The van der Waals surface area contributed by atoms with Crippen molar-refractivity contribution in [2.45, 2.75) is 76.7 Å². The maximum atomic E-state index is 12.2. The number of hydrogen-bond donors (Lipinski definition) is 1. The molecule has 0 saturated carbocycles. The van der Waals surface area contributed by atoms with Gasteiger partial charge in [-0.15, -0.1) is 0 Å². The van der Waals surface area contributed by atoms with Crippen LogP contribution in [0.15, 0.2) is 0 Å². The van der Waals surface area contributed by atoms with Crippen molar-refractivity contribution in [1.82, 2.24) is 4.90 Å². The Balaban J connectivity index is 2.14. The molecule has 1 N–H and O–H groups in total. The van der Waals surface area contributed by atoms with Gasteiger partial charge in [0.2, 0.25) is 0 Å². The molecule has 2 saturated heterocycles. The molecule has 1 amide bonds. The molecule has 2 aliphatic rings. The molecule has 0 radical (unpaired) electrons. The van der Waals surface area contributed by atoms with Crippen LogP contribution >= 0.6 is 0 Å². The minimum atomic E-state index is -0.455. The summed E-state index contributed by atoms with van der Waals surface area (Å²) in [6.07, 6.45) is 2.80. The summed E-state index contributed by atoms with van der Waals surface area (Å²) < 4.78 is 5.46. The summed E-state index contributed by atoms with van der Waals surface area (Å²) in [4.78, 5) is 14.1. The van der Waals surface area contributed by atoms with Gasteiger partial charge in [-0.05, 0) is 53.4 Å². The Hall–Kier alpha value is -0.770. The van der Waals surface area contributed by atoms with Gasteiger partial charge >= 0.3 is 6.09 Å². The van der Waals surface area contributed by atoms with Gasteiger partial charge in [-0.25, -0.2) is 4.79 Å². The molecule has 0 aliphatic carbocycles. The van der Waals surface area contributed by atoms with Crippen LogP contribution in [0.3, 0.4) is 0 Å². The molecule has 17 heavy (non-hydrogen) atoms. The van der Waals surface area contributed by atoms with Gasteiger partial charge in [0.1, 0.15) is 5.60 Å². The average molecular weight is 241 g/mol. The van der Waals surface area contributed by atoms with E-state index in [1.165, 1.54) is 0 Å². The molecule has 0 unspecified atom stereocenters. The fourth-order valence-corrected chi connectivity index (χ4v) is 3.18. The van der Waals surface area contributed by atoms with E-state index >= 15 is 0 Å². The second-order valence-corrected chi connectivity index (χ2v) is 6.63. The minimum absolute atomic E-state index is 0.151. The molecule has 0 aromatic rings. The van der Waals surface area contributed by atoms with Crippen LogP contribution in [0.1, 0.15) is 53.4 Å². The fourth-order valence-electron chi connectivity index (χ4n) is 3.18. The molecule has 98 valence electrons. The molecule has 2 fully saturated rings. The number of rotatable bonds is 0. The highest BCUT2D eigenvalue weighted by molar-refractivity contribution is 5.70. The lowest BCUT2D eigenvalue weighted by molar-refractivity contribution is -0.0361. The Labute approximate surface area is 103 Å². The van der Waals surface area contributed by atoms with E-state index in [9.17, 15) is 9.90 Å². The predicted molar refractivity (Wildman–Crippen MR) is 64.7 cm³/mol. The van der Waals surface area contributed by atoms with Crippen molar-refractivity contribution < 1.29 is 14.6 Å². The third-order valence-corrected chi connectivity index (χ3v) is 3.77. The molecular formula is C13H23NO3. The zero-order valence-corrected chi connectivity index (χ0v) is 11.2. The largest absolute Gasteiger partial charge is 0.444 e. The lowest BCUT2D eigenvalue weighted by atomic mass is 9.89. The van der Waals surface area contributed by atoms with Crippen molar-refractivity contribution in [1.29, 1.82) is 0 Å². The third kappa shape index (κ3) is 2.41. The van der Waals surface area contributed by atoms with Gasteiger partial charge in [0, 0.05) is 11.6 Å². The van der Waals surface area contributed by atoms with Gasteiger partial charge < -0.3 is 9.84 Å². The van der Waals surface area contributed by atoms with E-state index in [4.69, 9.17) is 4.74 Å². The smallest absolute Gasteiger partial charge is 0.410 e. The van der Waals surface area contributed by atoms with Gasteiger partial charge in [-0.1, -0.05) is 0 Å². The second kappa shape index (κ2) is 3.87. The number of nitrogens with zero attached hydrogens (tertiary/aromatic N) is 1. The standard InChI is InChI=1S/C13H23NO3/c1-12(2,3)17-11(16)14-9-5-6-13(14,4)8-10(15)7-9/h9-10,15H,5-8H2,1-4H3/t9-,10-,13+/m1/s1. The Bertz CT molecular complexity index is 323. The van der Waals surface area contributed by atoms with Crippen LogP contribution in [0.5, 0.6) is 0 Å². The van der Waals surface area contributed by atoms with Crippen LogP contribution in [0.4, 0.5) is 4.79 Å². The number of piperidine rings is 1. The Morgan fingerprint density at radius 2 is 2.12 bits per heavy atom. The van der Waals surface area contributed by atoms with E-state index in [0.717, 1.165) is 12.8 Å². The first kappa shape index (κ1) is 12.7. The van der Waals surface area contributed by atoms with E-state index < -0.39 is 5.60 Å². The summed E-state index contributed by atoms with van der Waals surface area (Å²) in [7, 11) is 0. The van der Waals surface area contributed by atoms with Crippen LogP contribution in [0, 0.1) is 0 Å². The maximum absolute atomic E-state index is 12.2. The number of aliphatic hydroxyl groups excluding tert-OH is 1. The zero-order valence-electron chi connectivity index (χ0n) is 11.2. The average Bonchev–Trinajstić information content (AvgIpc) is 2.31. The van der Waals surface area contributed by atoms with Crippen LogP contribution in [0.25, 0.3) is 0 Å². The number of ether oxygens (including phenoxy) is 1. The fraction of sp³-hybridized carbons (Fsp3) is 0.923. The molecule has 0 aromatic carbocycles. The molecule has 2 aliphatic heterocycles. The first-order valence-corrected chi connectivity index (χ1v) is 6.42. The molecule has 3 atom stereocenters. The summed E-state index contributed by atoms with van der Waals surface area (Å²) in [5, 5.41) is 9.81. The van der Waals surface area contributed by atoms with Gasteiger partial charge in [0.15, 0.2) is 0 Å². The lowest BCUT2D eigenvalue weighted by Gasteiger charge is -2.44. The summed E-state index contributed by atoms with van der Waals surface area (Å²) >= 11 is 0. The highest BCUT2D eigenvalue weighted by Crippen LogP contribution is 2.44. The first-order valence-electron chi connectivity index (χ1n) is 6.42. The molecule has 0 aromatic heterocycles. The molecule has 4 heteroatoms. The number of carbonyl (C=O) groups excluding carboxylic acids is 1. The number of hydrogen-bond acceptors (Lipinski definition) is 3. The van der Waals surface area contributed by atoms with E-state index in [0.29, 0.717) is 12.8 Å². The van der Waals surface area contributed by atoms with Crippen molar-refractivity contribution in [2.75, 3.05) is 0 Å². The minimum Gasteiger partial charge on any atom is -0.444 e. The van der Waals surface area contributed by atoms with Crippen molar-refractivity contribution >= 4 is 6.09 Å². The predicted octanol–water partition coefficient (Wildman–Crippen LogP) is 2.30. The van der Waals surface area contributed by atoms with Gasteiger partial charge in [-0.3, -0.25) is 4.90 Å². The van der Waals surface area contributed by atoms with E-state index in [1.807, 2.05) is 25.7 Å².